The molecule has 0 amide bonds. The molecule has 1 aliphatic heterocycles. The second kappa shape index (κ2) is 8.74. The lowest BCUT2D eigenvalue weighted by atomic mass is 9.95. The summed E-state index contributed by atoms with van der Waals surface area (Å²) >= 11 is 0. The Balaban J connectivity index is 1.60. The van der Waals surface area contributed by atoms with Crippen molar-refractivity contribution < 1.29 is 4.74 Å². The second-order valence-corrected chi connectivity index (χ2v) is 6.59. The minimum absolute atomic E-state index is 0.548. The predicted molar refractivity (Wildman–Crippen MR) is 98.7 cm³/mol. The van der Waals surface area contributed by atoms with E-state index in [0.717, 1.165) is 49.8 Å². The topological polar surface area (TPSA) is 64.0 Å². The molecule has 6 nitrogen and oxygen atoms in total. The van der Waals surface area contributed by atoms with Crippen molar-refractivity contribution in [3.05, 3.63) is 24.3 Å². The van der Waals surface area contributed by atoms with Gasteiger partial charge in [-0.15, -0.1) is 20.4 Å². The lowest BCUT2D eigenvalue weighted by Crippen LogP contribution is -2.35. The molecule has 0 atom stereocenters. The predicted octanol–water partition coefficient (Wildman–Crippen LogP) is 3.74. The third-order valence-corrected chi connectivity index (χ3v) is 4.82. The molecule has 1 fully saturated rings. The van der Waals surface area contributed by atoms with Crippen LogP contribution in [-0.4, -0.2) is 40.1 Å². The number of piperidine rings is 1. The van der Waals surface area contributed by atoms with Gasteiger partial charge in [0.15, 0.2) is 0 Å². The van der Waals surface area contributed by atoms with Crippen LogP contribution in [0, 0.1) is 5.92 Å². The molecule has 6 heteroatoms. The maximum absolute atomic E-state index is 5.67. The molecular weight excluding hydrogens is 314 g/mol. The third kappa shape index (κ3) is 4.65. The van der Waals surface area contributed by atoms with E-state index in [1.54, 1.807) is 0 Å². The van der Waals surface area contributed by atoms with E-state index in [-0.39, 0.29) is 0 Å². The van der Waals surface area contributed by atoms with Gasteiger partial charge in [-0.3, -0.25) is 0 Å². The zero-order valence-electron chi connectivity index (χ0n) is 15.2. The first-order valence-electron chi connectivity index (χ1n) is 9.35. The molecule has 25 heavy (non-hydrogen) atoms. The van der Waals surface area contributed by atoms with Crippen LogP contribution in [0.2, 0.25) is 0 Å². The summed E-state index contributed by atoms with van der Waals surface area (Å²) in [5.41, 5.74) is 0.902. The number of aromatic nitrogens is 4. The maximum atomic E-state index is 5.67. The van der Waals surface area contributed by atoms with Crippen LogP contribution in [0.25, 0.3) is 11.4 Å². The number of nitrogens with zero attached hydrogens (tertiary/aromatic N) is 5. The SMILES string of the molecule is CCCCOc1ccc(-c2nnc(N3CCC(CC)CC3)nn2)cc1. The molecule has 1 saturated heterocycles. The molecule has 0 bridgehead atoms. The molecule has 134 valence electrons. The molecule has 1 aromatic carbocycles. The fraction of sp³-hybridized carbons (Fsp3) is 0.579. The van der Waals surface area contributed by atoms with E-state index in [9.17, 15) is 0 Å². The molecule has 0 unspecified atom stereocenters. The largest absolute Gasteiger partial charge is 0.494 e. The van der Waals surface area contributed by atoms with Crippen molar-refractivity contribution in [2.75, 3.05) is 24.6 Å². The Labute approximate surface area is 149 Å². The van der Waals surface area contributed by atoms with Crippen LogP contribution in [0.4, 0.5) is 5.95 Å². The van der Waals surface area contributed by atoms with E-state index in [1.165, 1.54) is 19.3 Å². The third-order valence-electron chi connectivity index (χ3n) is 4.82. The maximum Gasteiger partial charge on any atom is 0.264 e. The van der Waals surface area contributed by atoms with Crippen LogP contribution in [0.1, 0.15) is 46.0 Å². The summed E-state index contributed by atoms with van der Waals surface area (Å²) in [6.45, 7) is 7.14. The van der Waals surface area contributed by atoms with Gasteiger partial charge in [0.1, 0.15) is 5.75 Å². The summed E-state index contributed by atoms with van der Waals surface area (Å²) in [4.78, 5) is 2.18. The number of hydrogen-bond donors (Lipinski definition) is 0. The molecular formula is C19H27N5O. The van der Waals surface area contributed by atoms with E-state index in [2.05, 4.69) is 39.1 Å². The Bertz CT molecular complexity index is 636. The van der Waals surface area contributed by atoms with Gasteiger partial charge in [-0.25, -0.2) is 0 Å². The number of rotatable bonds is 7. The molecule has 0 spiro atoms. The quantitative estimate of drug-likeness (QED) is 0.715. The van der Waals surface area contributed by atoms with Crippen molar-refractivity contribution in [1.82, 2.24) is 20.4 Å². The molecule has 0 radical (unpaired) electrons. The molecule has 0 saturated carbocycles. The highest BCUT2D eigenvalue weighted by molar-refractivity contribution is 5.55. The van der Waals surface area contributed by atoms with Gasteiger partial charge in [0, 0.05) is 18.7 Å². The van der Waals surface area contributed by atoms with Crippen LogP contribution in [0.3, 0.4) is 0 Å². The summed E-state index contributed by atoms with van der Waals surface area (Å²) < 4.78 is 5.67. The molecule has 0 N–H and O–H groups in total. The smallest absolute Gasteiger partial charge is 0.264 e. The van der Waals surface area contributed by atoms with E-state index >= 15 is 0 Å². The average Bonchev–Trinajstić information content (AvgIpc) is 2.69. The van der Waals surface area contributed by atoms with Crippen molar-refractivity contribution >= 4 is 5.95 Å². The van der Waals surface area contributed by atoms with Gasteiger partial charge in [-0.05, 0) is 49.4 Å². The number of ether oxygens (including phenoxy) is 1. The number of benzene rings is 1. The molecule has 1 aromatic heterocycles. The highest BCUT2D eigenvalue weighted by atomic mass is 16.5. The second-order valence-electron chi connectivity index (χ2n) is 6.59. The van der Waals surface area contributed by atoms with E-state index in [4.69, 9.17) is 4.74 Å². The minimum Gasteiger partial charge on any atom is -0.494 e. The van der Waals surface area contributed by atoms with Crippen LogP contribution in [-0.2, 0) is 0 Å². The monoisotopic (exact) mass is 341 g/mol. The first-order valence-corrected chi connectivity index (χ1v) is 9.35. The zero-order chi connectivity index (χ0) is 17.5. The average molecular weight is 341 g/mol. The van der Waals surface area contributed by atoms with Crippen LogP contribution in [0.15, 0.2) is 24.3 Å². The van der Waals surface area contributed by atoms with Crippen molar-refractivity contribution in [2.45, 2.75) is 46.0 Å². The zero-order valence-corrected chi connectivity index (χ0v) is 15.2. The number of anilines is 1. The standard InChI is InChI=1S/C19H27N5O/c1-3-5-14-25-17-8-6-16(7-9-17)18-20-22-19(23-21-18)24-12-10-15(4-2)11-13-24/h6-9,15H,3-5,10-14H2,1-2H3. The molecule has 1 aliphatic rings. The summed E-state index contributed by atoms with van der Waals surface area (Å²) in [6, 6.07) is 7.79. The molecule has 3 rings (SSSR count). The van der Waals surface area contributed by atoms with Gasteiger partial charge < -0.3 is 9.64 Å². The fourth-order valence-electron chi connectivity index (χ4n) is 3.04. The Hall–Kier alpha value is -2.24. The van der Waals surface area contributed by atoms with Crippen LogP contribution in [0.5, 0.6) is 5.75 Å². The van der Waals surface area contributed by atoms with Gasteiger partial charge in [0.25, 0.3) is 5.95 Å². The van der Waals surface area contributed by atoms with Crippen molar-refractivity contribution in [3.63, 3.8) is 0 Å². The highest BCUT2D eigenvalue weighted by Crippen LogP contribution is 2.23. The number of hydrogen-bond acceptors (Lipinski definition) is 6. The van der Waals surface area contributed by atoms with Gasteiger partial charge >= 0.3 is 0 Å². The Kier molecular flexibility index (Phi) is 6.14. The fourth-order valence-corrected chi connectivity index (χ4v) is 3.04. The van der Waals surface area contributed by atoms with Gasteiger partial charge in [-0.1, -0.05) is 26.7 Å². The highest BCUT2D eigenvalue weighted by Gasteiger charge is 2.20. The normalized spacial score (nSPS) is 15.4. The van der Waals surface area contributed by atoms with E-state index < -0.39 is 0 Å². The lowest BCUT2D eigenvalue weighted by molar-refractivity contribution is 0.309. The van der Waals surface area contributed by atoms with Crippen molar-refractivity contribution in [3.8, 4) is 17.1 Å². The van der Waals surface area contributed by atoms with Crippen LogP contribution >= 0.6 is 0 Å². The molecule has 0 aliphatic carbocycles. The van der Waals surface area contributed by atoms with Gasteiger partial charge in [-0.2, -0.15) is 0 Å². The van der Waals surface area contributed by atoms with Crippen molar-refractivity contribution in [2.24, 2.45) is 5.92 Å². The lowest BCUT2D eigenvalue weighted by Gasteiger charge is -2.30. The summed E-state index contributed by atoms with van der Waals surface area (Å²) in [5, 5.41) is 17.1. The van der Waals surface area contributed by atoms with E-state index in [0.29, 0.717) is 11.8 Å². The number of unbranched alkanes of at least 4 members (excludes halogenated alkanes) is 1. The Morgan fingerprint density at radius 2 is 1.68 bits per heavy atom. The van der Waals surface area contributed by atoms with E-state index in [1.807, 2.05) is 24.3 Å². The summed E-state index contributed by atoms with van der Waals surface area (Å²) in [6.07, 6.45) is 5.84. The first kappa shape index (κ1) is 17.6. The van der Waals surface area contributed by atoms with Crippen LogP contribution < -0.4 is 9.64 Å². The first-order chi connectivity index (χ1) is 12.3. The minimum atomic E-state index is 0.548. The van der Waals surface area contributed by atoms with Gasteiger partial charge in [0.05, 0.1) is 6.61 Å². The van der Waals surface area contributed by atoms with Crippen molar-refractivity contribution in [1.29, 1.82) is 0 Å². The summed E-state index contributed by atoms with van der Waals surface area (Å²) in [5.74, 6) is 2.88. The van der Waals surface area contributed by atoms with Gasteiger partial charge in [0.2, 0.25) is 5.82 Å². The molecule has 2 aromatic rings. The summed E-state index contributed by atoms with van der Waals surface area (Å²) in [7, 11) is 0. The molecule has 2 heterocycles. The Morgan fingerprint density at radius 1 is 1.00 bits per heavy atom. The Morgan fingerprint density at radius 3 is 2.28 bits per heavy atom.